The van der Waals surface area contributed by atoms with E-state index in [1.54, 1.807) is 0 Å². The van der Waals surface area contributed by atoms with Crippen LogP contribution in [0.4, 0.5) is 0 Å². The Hall–Kier alpha value is -2.63. The standard InChI is InChI=1S/C20H25NO5/c1-14(18(22)21-13-12-15-6-4-3-5-7-15)26-20(24)17-10-8-16(9-11-17)19(23)25-2/h6,8-11,14H,3-5,7,12-13H2,1-2H3,(H,21,22). The average Bonchev–Trinajstić information content (AvgIpc) is 2.68. The minimum atomic E-state index is -0.886. The lowest BCUT2D eigenvalue weighted by Crippen LogP contribution is -2.36. The minimum absolute atomic E-state index is 0.268. The molecule has 1 aliphatic rings. The average molecular weight is 359 g/mol. The van der Waals surface area contributed by atoms with Crippen molar-refractivity contribution in [1.82, 2.24) is 5.32 Å². The largest absolute Gasteiger partial charge is 0.465 e. The Bertz CT molecular complexity index is 678. The van der Waals surface area contributed by atoms with E-state index in [9.17, 15) is 14.4 Å². The van der Waals surface area contributed by atoms with Crippen LogP contribution in [-0.2, 0) is 14.3 Å². The fraction of sp³-hybridized carbons (Fsp3) is 0.450. The molecule has 0 radical (unpaired) electrons. The molecular formula is C20H25NO5. The number of nitrogens with one attached hydrogen (secondary N) is 1. The minimum Gasteiger partial charge on any atom is -0.465 e. The second kappa shape index (κ2) is 9.75. The summed E-state index contributed by atoms with van der Waals surface area (Å²) in [5.41, 5.74) is 1.99. The van der Waals surface area contributed by atoms with Gasteiger partial charge in [0.25, 0.3) is 5.91 Å². The van der Waals surface area contributed by atoms with Gasteiger partial charge in [-0.05, 0) is 63.3 Å². The van der Waals surface area contributed by atoms with Gasteiger partial charge in [-0.2, -0.15) is 0 Å². The second-order valence-electron chi connectivity index (χ2n) is 6.27. The van der Waals surface area contributed by atoms with E-state index in [4.69, 9.17) is 4.74 Å². The number of allylic oxidation sites excluding steroid dienone is 1. The molecule has 6 heteroatoms. The van der Waals surface area contributed by atoms with Gasteiger partial charge in [-0.25, -0.2) is 9.59 Å². The lowest BCUT2D eigenvalue weighted by Gasteiger charge is -2.15. The van der Waals surface area contributed by atoms with Crippen LogP contribution in [0.3, 0.4) is 0 Å². The van der Waals surface area contributed by atoms with Crippen LogP contribution < -0.4 is 5.32 Å². The van der Waals surface area contributed by atoms with Crippen LogP contribution in [0.15, 0.2) is 35.9 Å². The van der Waals surface area contributed by atoms with Crippen LogP contribution >= 0.6 is 0 Å². The van der Waals surface area contributed by atoms with Gasteiger partial charge in [-0.1, -0.05) is 11.6 Å². The Morgan fingerprint density at radius 2 is 1.73 bits per heavy atom. The van der Waals surface area contributed by atoms with Crippen LogP contribution in [-0.4, -0.2) is 37.6 Å². The summed E-state index contributed by atoms with van der Waals surface area (Å²) < 4.78 is 9.79. The zero-order valence-corrected chi connectivity index (χ0v) is 15.2. The zero-order valence-electron chi connectivity index (χ0n) is 15.2. The number of carbonyl (C=O) groups excluding carboxylic acids is 3. The normalized spacial score (nSPS) is 14.8. The number of benzene rings is 1. The zero-order chi connectivity index (χ0) is 18.9. The molecule has 0 bridgehead atoms. The Balaban J connectivity index is 1.79. The number of hydrogen-bond donors (Lipinski definition) is 1. The maximum atomic E-state index is 12.1. The number of hydrogen-bond acceptors (Lipinski definition) is 5. The predicted molar refractivity (Wildman–Crippen MR) is 96.8 cm³/mol. The number of methoxy groups -OCH3 is 1. The highest BCUT2D eigenvalue weighted by Crippen LogP contribution is 2.19. The summed E-state index contributed by atoms with van der Waals surface area (Å²) in [7, 11) is 1.29. The summed E-state index contributed by atoms with van der Waals surface area (Å²) in [5.74, 6) is -1.41. The molecule has 2 rings (SSSR count). The van der Waals surface area contributed by atoms with Crippen molar-refractivity contribution in [2.24, 2.45) is 0 Å². The summed E-state index contributed by atoms with van der Waals surface area (Å²) >= 11 is 0. The number of rotatable bonds is 7. The molecule has 1 aromatic carbocycles. The fourth-order valence-corrected chi connectivity index (χ4v) is 2.76. The molecule has 1 aliphatic carbocycles. The predicted octanol–water partition coefficient (Wildman–Crippen LogP) is 3.03. The highest BCUT2D eigenvalue weighted by Gasteiger charge is 2.19. The Morgan fingerprint density at radius 3 is 2.31 bits per heavy atom. The van der Waals surface area contributed by atoms with Gasteiger partial charge in [0.05, 0.1) is 18.2 Å². The van der Waals surface area contributed by atoms with Gasteiger partial charge in [0, 0.05) is 6.54 Å². The lowest BCUT2D eigenvalue weighted by atomic mass is 9.97. The molecule has 0 aliphatic heterocycles. The highest BCUT2D eigenvalue weighted by molar-refractivity contribution is 5.94. The molecular weight excluding hydrogens is 334 g/mol. The Labute approximate surface area is 153 Å². The molecule has 6 nitrogen and oxygen atoms in total. The number of ether oxygens (including phenoxy) is 2. The molecule has 1 aromatic rings. The first-order valence-electron chi connectivity index (χ1n) is 8.86. The van der Waals surface area contributed by atoms with E-state index in [1.165, 1.54) is 56.7 Å². The van der Waals surface area contributed by atoms with E-state index >= 15 is 0 Å². The molecule has 0 aromatic heterocycles. The summed E-state index contributed by atoms with van der Waals surface area (Å²) in [4.78, 5) is 35.5. The molecule has 0 spiro atoms. The molecule has 1 N–H and O–H groups in total. The molecule has 0 fully saturated rings. The summed E-state index contributed by atoms with van der Waals surface area (Å²) in [6, 6.07) is 5.89. The smallest absolute Gasteiger partial charge is 0.338 e. The van der Waals surface area contributed by atoms with Crippen LogP contribution in [0.5, 0.6) is 0 Å². The SMILES string of the molecule is COC(=O)c1ccc(C(=O)OC(C)C(=O)NCCC2=CCCCC2)cc1. The van der Waals surface area contributed by atoms with Crippen molar-refractivity contribution in [3.8, 4) is 0 Å². The van der Waals surface area contributed by atoms with Gasteiger partial charge in [0.2, 0.25) is 0 Å². The maximum Gasteiger partial charge on any atom is 0.338 e. The van der Waals surface area contributed by atoms with Crippen LogP contribution in [0, 0.1) is 0 Å². The van der Waals surface area contributed by atoms with Crippen LogP contribution in [0.25, 0.3) is 0 Å². The quantitative estimate of drug-likeness (QED) is 0.598. The number of esters is 2. The van der Waals surface area contributed by atoms with E-state index in [-0.39, 0.29) is 11.5 Å². The topological polar surface area (TPSA) is 81.7 Å². The molecule has 0 saturated heterocycles. The second-order valence-corrected chi connectivity index (χ2v) is 6.27. The Morgan fingerprint density at radius 1 is 1.08 bits per heavy atom. The van der Waals surface area contributed by atoms with Crippen LogP contribution in [0.1, 0.15) is 59.7 Å². The maximum absolute atomic E-state index is 12.1. The summed E-state index contributed by atoms with van der Waals surface area (Å²) in [6.07, 6.45) is 6.86. The van der Waals surface area contributed by atoms with Crippen molar-refractivity contribution in [3.05, 3.63) is 47.0 Å². The van der Waals surface area contributed by atoms with E-state index < -0.39 is 18.0 Å². The first kappa shape index (κ1) is 19.7. The van der Waals surface area contributed by atoms with Gasteiger partial charge >= 0.3 is 11.9 Å². The van der Waals surface area contributed by atoms with Crippen molar-refractivity contribution >= 4 is 17.8 Å². The third-order valence-corrected chi connectivity index (χ3v) is 4.33. The fourth-order valence-electron chi connectivity index (χ4n) is 2.76. The molecule has 140 valence electrons. The highest BCUT2D eigenvalue weighted by atomic mass is 16.5. The van der Waals surface area contributed by atoms with Crippen LogP contribution in [0.2, 0.25) is 0 Å². The van der Waals surface area contributed by atoms with Crippen molar-refractivity contribution in [3.63, 3.8) is 0 Å². The lowest BCUT2D eigenvalue weighted by molar-refractivity contribution is -0.129. The molecule has 0 saturated carbocycles. The van der Waals surface area contributed by atoms with Gasteiger partial charge < -0.3 is 14.8 Å². The van der Waals surface area contributed by atoms with Crippen molar-refractivity contribution in [1.29, 1.82) is 0 Å². The summed E-state index contributed by atoms with van der Waals surface area (Å²) in [5, 5.41) is 2.80. The third-order valence-electron chi connectivity index (χ3n) is 4.33. The third kappa shape index (κ3) is 5.72. The van der Waals surface area contributed by atoms with E-state index in [0.29, 0.717) is 12.1 Å². The van der Waals surface area contributed by atoms with E-state index in [0.717, 1.165) is 19.3 Å². The van der Waals surface area contributed by atoms with Crippen molar-refractivity contribution in [2.45, 2.75) is 45.1 Å². The molecule has 26 heavy (non-hydrogen) atoms. The summed E-state index contributed by atoms with van der Waals surface area (Å²) in [6.45, 7) is 2.08. The van der Waals surface area contributed by atoms with Gasteiger partial charge in [0.15, 0.2) is 6.10 Å². The first-order chi connectivity index (χ1) is 12.5. The monoisotopic (exact) mass is 359 g/mol. The van der Waals surface area contributed by atoms with E-state index in [1.807, 2.05) is 0 Å². The number of amides is 1. The number of carbonyl (C=O) groups is 3. The van der Waals surface area contributed by atoms with E-state index in [2.05, 4.69) is 16.1 Å². The molecule has 1 atom stereocenters. The van der Waals surface area contributed by atoms with Crippen molar-refractivity contribution < 1.29 is 23.9 Å². The molecule has 1 amide bonds. The van der Waals surface area contributed by atoms with Gasteiger partial charge in [-0.3, -0.25) is 4.79 Å². The van der Waals surface area contributed by atoms with Gasteiger partial charge in [0.1, 0.15) is 0 Å². The molecule has 1 unspecified atom stereocenters. The van der Waals surface area contributed by atoms with Crippen molar-refractivity contribution in [2.75, 3.05) is 13.7 Å². The molecule has 0 heterocycles. The Kier molecular flexibility index (Phi) is 7.38. The first-order valence-corrected chi connectivity index (χ1v) is 8.86. The van der Waals surface area contributed by atoms with Gasteiger partial charge in [-0.15, -0.1) is 0 Å².